The molecular formula is C10H6ClNO4-2. The lowest BCUT2D eigenvalue weighted by atomic mass is 10.3. The molecule has 0 radical (unpaired) electrons. The molecule has 0 aliphatic rings. The first-order chi connectivity index (χ1) is 7.49. The predicted octanol–water partition coefficient (Wildman–Crippen LogP) is -0.864. The van der Waals surface area contributed by atoms with Crippen LogP contribution < -0.4 is 15.5 Å². The van der Waals surface area contributed by atoms with Crippen LogP contribution in [0.3, 0.4) is 0 Å². The van der Waals surface area contributed by atoms with E-state index in [1.165, 1.54) is 12.1 Å². The summed E-state index contributed by atoms with van der Waals surface area (Å²) in [4.78, 5) is 20.8. The maximum Gasteiger partial charge on any atom is 0.0878 e. The third-order valence-corrected chi connectivity index (χ3v) is 1.82. The normalized spacial score (nSPS) is 10.9. The van der Waals surface area contributed by atoms with E-state index in [1.54, 1.807) is 12.1 Å². The number of nitrogens with one attached hydrogen (secondary N) is 1. The minimum Gasteiger partial charge on any atom is -0.545 e. The van der Waals surface area contributed by atoms with Crippen molar-refractivity contribution in [2.45, 2.75) is 0 Å². The number of hydrogen-bond donors (Lipinski definition) is 1. The highest BCUT2D eigenvalue weighted by Crippen LogP contribution is 2.16. The Morgan fingerprint density at radius 2 is 2.00 bits per heavy atom. The molecule has 0 saturated carbocycles. The molecule has 1 aromatic rings. The molecule has 1 N–H and O–H groups in total. The first kappa shape index (κ1) is 12.1. The molecule has 0 aliphatic carbocycles. The van der Waals surface area contributed by atoms with Crippen LogP contribution in [0.1, 0.15) is 0 Å². The lowest BCUT2D eigenvalue weighted by molar-refractivity contribution is -0.302. The second-order valence-electron chi connectivity index (χ2n) is 2.80. The number of carbonyl (C=O) groups is 2. The van der Waals surface area contributed by atoms with Gasteiger partial charge >= 0.3 is 0 Å². The average Bonchev–Trinajstić information content (AvgIpc) is 2.15. The molecule has 16 heavy (non-hydrogen) atoms. The largest absolute Gasteiger partial charge is 0.545 e. The van der Waals surface area contributed by atoms with Crippen LogP contribution in [-0.4, -0.2) is 11.9 Å². The zero-order valence-corrected chi connectivity index (χ0v) is 8.65. The van der Waals surface area contributed by atoms with Crippen molar-refractivity contribution in [3.05, 3.63) is 41.1 Å². The summed E-state index contributed by atoms with van der Waals surface area (Å²) in [6.45, 7) is 0. The number of hydrogen-bond acceptors (Lipinski definition) is 5. The van der Waals surface area contributed by atoms with Crippen LogP contribution in [-0.2, 0) is 9.59 Å². The molecule has 1 aromatic carbocycles. The van der Waals surface area contributed by atoms with Gasteiger partial charge in [0.25, 0.3) is 0 Å². The van der Waals surface area contributed by atoms with Crippen LogP contribution in [0.15, 0.2) is 36.0 Å². The number of anilines is 1. The summed E-state index contributed by atoms with van der Waals surface area (Å²) in [7, 11) is 0. The van der Waals surface area contributed by atoms with Crippen molar-refractivity contribution in [2.24, 2.45) is 0 Å². The Kier molecular flexibility index (Phi) is 3.90. The third-order valence-electron chi connectivity index (χ3n) is 1.59. The monoisotopic (exact) mass is 239 g/mol. The molecule has 5 nitrogen and oxygen atoms in total. The lowest BCUT2D eigenvalue weighted by Gasteiger charge is -2.12. The van der Waals surface area contributed by atoms with Crippen molar-refractivity contribution in [1.82, 2.24) is 0 Å². The molecular weight excluding hydrogens is 234 g/mol. The fourth-order valence-corrected chi connectivity index (χ4v) is 1.18. The molecule has 0 atom stereocenters. The van der Waals surface area contributed by atoms with E-state index in [2.05, 4.69) is 5.32 Å². The molecule has 0 fully saturated rings. The van der Waals surface area contributed by atoms with E-state index in [-0.39, 0.29) is 0 Å². The molecule has 0 unspecified atom stereocenters. The highest BCUT2D eigenvalue weighted by Gasteiger charge is 2.00. The van der Waals surface area contributed by atoms with Gasteiger partial charge in [0.15, 0.2) is 0 Å². The van der Waals surface area contributed by atoms with Gasteiger partial charge in [0, 0.05) is 10.7 Å². The van der Waals surface area contributed by atoms with E-state index in [1.807, 2.05) is 0 Å². The van der Waals surface area contributed by atoms with Gasteiger partial charge < -0.3 is 25.1 Å². The average molecular weight is 240 g/mol. The van der Waals surface area contributed by atoms with E-state index in [4.69, 9.17) is 11.6 Å². The summed E-state index contributed by atoms with van der Waals surface area (Å²) in [5, 5.41) is 23.5. The lowest BCUT2D eigenvalue weighted by Crippen LogP contribution is -2.31. The van der Waals surface area contributed by atoms with Crippen LogP contribution in [0.5, 0.6) is 0 Å². The molecule has 0 aliphatic heterocycles. The molecule has 0 aromatic heterocycles. The van der Waals surface area contributed by atoms with Crippen molar-refractivity contribution < 1.29 is 19.8 Å². The zero-order chi connectivity index (χ0) is 12.1. The zero-order valence-electron chi connectivity index (χ0n) is 7.90. The minimum atomic E-state index is -1.65. The van der Waals surface area contributed by atoms with Crippen molar-refractivity contribution in [3.8, 4) is 0 Å². The number of benzene rings is 1. The SMILES string of the molecule is O=C([O-])/C=C(/Nc1cccc(Cl)c1)C(=O)[O-]. The third kappa shape index (κ3) is 3.62. The van der Waals surface area contributed by atoms with E-state index >= 15 is 0 Å². The summed E-state index contributed by atoms with van der Waals surface area (Å²) in [5.41, 5.74) is -0.272. The first-order valence-corrected chi connectivity index (χ1v) is 4.53. The van der Waals surface area contributed by atoms with Gasteiger partial charge in [-0.15, -0.1) is 0 Å². The van der Waals surface area contributed by atoms with Crippen LogP contribution in [0.2, 0.25) is 5.02 Å². The number of carbonyl (C=O) groups excluding carboxylic acids is 2. The predicted molar refractivity (Wildman–Crippen MR) is 53.2 cm³/mol. The molecule has 0 amide bonds. The number of carboxylic acid groups (broad SMARTS) is 2. The summed E-state index contributed by atoms with van der Waals surface area (Å²) < 4.78 is 0. The number of aliphatic carboxylic acids is 2. The summed E-state index contributed by atoms with van der Waals surface area (Å²) in [6.07, 6.45) is 0.399. The van der Waals surface area contributed by atoms with Crippen molar-refractivity contribution >= 4 is 29.2 Å². The Morgan fingerprint density at radius 3 is 2.50 bits per heavy atom. The van der Waals surface area contributed by atoms with Gasteiger partial charge in [0.1, 0.15) is 0 Å². The van der Waals surface area contributed by atoms with Gasteiger partial charge in [0.05, 0.1) is 17.6 Å². The van der Waals surface area contributed by atoms with Gasteiger partial charge in [-0.25, -0.2) is 0 Å². The Labute approximate surface area is 96.0 Å². The molecule has 0 heterocycles. The summed E-state index contributed by atoms with van der Waals surface area (Å²) >= 11 is 5.66. The molecule has 1 rings (SSSR count). The first-order valence-electron chi connectivity index (χ1n) is 4.15. The van der Waals surface area contributed by atoms with Gasteiger partial charge in [-0.3, -0.25) is 0 Å². The number of rotatable bonds is 4. The smallest absolute Gasteiger partial charge is 0.0878 e. The van der Waals surface area contributed by atoms with Crippen LogP contribution >= 0.6 is 11.6 Å². The maximum absolute atomic E-state index is 10.6. The van der Waals surface area contributed by atoms with Crippen LogP contribution in [0.4, 0.5) is 5.69 Å². The Bertz CT molecular complexity index is 456. The van der Waals surface area contributed by atoms with Gasteiger partial charge in [-0.2, -0.15) is 0 Å². The second kappa shape index (κ2) is 5.18. The minimum absolute atomic E-state index is 0.337. The van der Waals surface area contributed by atoms with E-state index in [0.717, 1.165) is 0 Å². The fourth-order valence-electron chi connectivity index (χ4n) is 0.986. The van der Waals surface area contributed by atoms with Crippen molar-refractivity contribution in [2.75, 3.05) is 5.32 Å². The van der Waals surface area contributed by atoms with Gasteiger partial charge in [0.2, 0.25) is 0 Å². The quantitative estimate of drug-likeness (QED) is 0.690. The Balaban J connectivity index is 2.93. The molecule has 0 saturated heterocycles. The molecule has 6 heteroatoms. The number of halogens is 1. The van der Waals surface area contributed by atoms with Crippen molar-refractivity contribution in [1.29, 1.82) is 0 Å². The van der Waals surface area contributed by atoms with E-state index in [9.17, 15) is 19.8 Å². The van der Waals surface area contributed by atoms with Gasteiger partial charge in [-0.05, 0) is 24.3 Å². The summed E-state index contributed by atoms with van der Waals surface area (Å²) in [5.74, 6) is -3.28. The molecule has 0 spiro atoms. The second-order valence-corrected chi connectivity index (χ2v) is 3.24. The molecule has 0 bridgehead atoms. The summed E-state index contributed by atoms with van der Waals surface area (Å²) in [6, 6.07) is 6.13. The topological polar surface area (TPSA) is 92.3 Å². The molecule has 84 valence electrons. The van der Waals surface area contributed by atoms with Crippen molar-refractivity contribution in [3.63, 3.8) is 0 Å². The van der Waals surface area contributed by atoms with Gasteiger partial charge in [-0.1, -0.05) is 17.7 Å². The highest BCUT2D eigenvalue weighted by molar-refractivity contribution is 6.30. The number of carboxylic acids is 2. The Hall–Kier alpha value is -2.01. The van der Waals surface area contributed by atoms with E-state index < -0.39 is 17.6 Å². The maximum atomic E-state index is 10.6. The fraction of sp³-hybridized carbons (Fsp3) is 0. The van der Waals surface area contributed by atoms with Crippen LogP contribution in [0.25, 0.3) is 0 Å². The highest BCUT2D eigenvalue weighted by atomic mass is 35.5. The van der Waals surface area contributed by atoms with Crippen LogP contribution in [0, 0.1) is 0 Å². The standard InChI is InChI=1S/C10H8ClNO4/c11-6-2-1-3-7(4-6)12-8(10(15)16)5-9(13)14/h1-5,12H,(H,13,14)(H,15,16)/p-2/b8-5+. The van der Waals surface area contributed by atoms with E-state index in [0.29, 0.717) is 16.8 Å². The Morgan fingerprint density at radius 1 is 1.31 bits per heavy atom.